The van der Waals surface area contributed by atoms with Gasteiger partial charge in [0.1, 0.15) is 5.82 Å². The highest BCUT2D eigenvalue weighted by Crippen LogP contribution is 2.07. The van der Waals surface area contributed by atoms with E-state index < -0.39 is 17.1 Å². The van der Waals surface area contributed by atoms with Crippen molar-refractivity contribution in [2.24, 2.45) is 0 Å². The third-order valence-electron chi connectivity index (χ3n) is 1.61. The van der Waals surface area contributed by atoms with Crippen LogP contribution in [0.3, 0.4) is 0 Å². The molecule has 0 N–H and O–H groups in total. The fourth-order valence-electron chi connectivity index (χ4n) is 1.01. The third kappa shape index (κ3) is 0.812. The van der Waals surface area contributed by atoms with Gasteiger partial charge in [-0.15, -0.1) is 0 Å². The summed E-state index contributed by atoms with van der Waals surface area (Å²) in [7, 11) is 0. The van der Waals surface area contributed by atoms with Gasteiger partial charge in [0, 0.05) is 0 Å². The molecule has 60 valence electrons. The monoisotopic (exact) mass is 166 g/mol. The molecule has 3 aromatic rings. The zero-order valence-corrected chi connectivity index (χ0v) is 5.83. The van der Waals surface area contributed by atoms with Gasteiger partial charge in [-0.3, -0.25) is 0 Å². The number of hydrogen-bond acceptors (Lipinski definition) is 3. The molecule has 0 aliphatic carbocycles. The van der Waals surface area contributed by atoms with Crippen molar-refractivity contribution >= 4 is 10.8 Å². The van der Waals surface area contributed by atoms with Gasteiger partial charge in [0.2, 0.25) is 0 Å². The van der Waals surface area contributed by atoms with Crippen molar-refractivity contribution in [3.8, 4) is 0 Å². The van der Waals surface area contributed by atoms with Gasteiger partial charge in [0.15, 0.2) is 0 Å². The number of halogens is 1. The van der Waals surface area contributed by atoms with Crippen LogP contribution in [-0.2, 0) is 0 Å². The van der Waals surface area contributed by atoms with Crippen LogP contribution in [0, 0.1) is 5.82 Å². The average Bonchev–Trinajstić information content (AvgIpc) is 2.19. The van der Waals surface area contributed by atoms with Crippen LogP contribution in [0.4, 0.5) is 4.39 Å². The van der Waals surface area contributed by atoms with E-state index in [4.69, 9.17) is 0 Å². The van der Waals surface area contributed by atoms with Gasteiger partial charge in [-0.1, -0.05) is 0 Å². The molecule has 0 atom stereocenters. The summed E-state index contributed by atoms with van der Waals surface area (Å²) in [6.07, 6.45) is 0. The minimum atomic E-state index is -0.933. The summed E-state index contributed by atoms with van der Waals surface area (Å²) in [5.41, 5.74) is -1.74. The molecule has 0 aliphatic rings. The molecule has 0 aliphatic heterocycles. The second-order valence-corrected chi connectivity index (χ2v) is 2.37. The van der Waals surface area contributed by atoms with Crippen LogP contribution in [-0.4, -0.2) is 0 Å². The van der Waals surface area contributed by atoms with E-state index in [1.54, 1.807) is 0 Å². The van der Waals surface area contributed by atoms with E-state index in [1.807, 2.05) is 0 Å². The Morgan fingerprint density at radius 2 is 1.92 bits per heavy atom. The Morgan fingerprint density at radius 3 is 2.58 bits per heavy atom. The van der Waals surface area contributed by atoms with E-state index in [0.717, 1.165) is 6.07 Å². The van der Waals surface area contributed by atoms with Crippen molar-refractivity contribution in [2.45, 2.75) is 0 Å². The summed E-state index contributed by atoms with van der Waals surface area (Å²) in [5.74, 6) is -0.719. The summed E-state index contributed by atoms with van der Waals surface area (Å²) in [4.78, 5) is 21.7. The van der Waals surface area contributed by atoms with Gasteiger partial charge >= 0.3 is 11.3 Å². The van der Waals surface area contributed by atoms with Gasteiger partial charge in [-0.2, -0.15) is 0 Å². The topological polar surface area (TPSA) is 47.3 Å². The van der Waals surface area contributed by atoms with Crippen molar-refractivity contribution in [2.75, 3.05) is 0 Å². The Hall–Kier alpha value is -1.71. The Morgan fingerprint density at radius 1 is 1.17 bits per heavy atom. The molecule has 12 heavy (non-hydrogen) atoms. The van der Waals surface area contributed by atoms with Crippen LogP contribution >= 0.6 is 0 Å². The molecular weight excluding hydrogens is 163 g/mol. The van der Waals surface area contributed by atoms with Crippen LogP contribution in [0.15, 0.2) is 32.2 Å². The number of hydrogen-bond donors (Lipinski definition) is 0. The first-order valence-corrected chi connectivity index (χ1v) is 3.24. The van der Waals surface area contributed by atoms with Crippen molar-refractivity contribution in [3.05, 3.63) is 44.9 Å². The Kier molecular flexibility index (Phi) is 1.24. The second-order valence-electron chi connectivity index (χ2n) is 2.37. The quantitative estimate of drug-likeness (QED) is 0.579. The Labute approximate surface area is 65.4 Å². The summed E-state index contributed by atoms with van der Waals surface area (Å²) in [5, 5.41) is -0.147. The largest absolute Gasteiger partial charge is 0.386 e. The summed E-state index contributed by atoms with van der Waals surface area (Å²) in [6, 6.07) is 3.58. The first kappa shape index (κ1) is 6.97. The van der Waals surface area contributed by atoms with Crippen molar-refractivity contribution in [1.82, 2.24) is 0 Å². The normalized spacial score (nSPS) is 10.8. The molecule has 0 unspecified atom stereocenters. The molecular formula is C8H3FO3. The molecule has 2 aromatic heterocycles. The smallest absolute Gasteiger partial charge is 0.349 e. The van der Waals surface area contributed by atoms with E-state index in [-0.39, 0.29) is 10.8 Å². The van der Waals surface area contributed by atoms with Gasteiger partial charge < -0.3 is 4.42 Å². The lowest BCUT2D eigenvalue weighted by Gasteiger charge is -1.84. The lowest BCUT2D eigenvalue weighted by Crippen LogP contribution is -2.02. The average molecular weight is 166 g/mol. The minimum Gasteiger partial charge on any atom is -0.386 e. The van der Waals surface area contributed by atoms with Gasteiger partial charge in [-0.05, 0) is 18.2 Å². The molecule has 0 fully saturated rings. The van der Waals surface area contributed by atoms with E-state index >= 15 is 0 Å². The van der Waals surface area contributed by atoms with Gasteiger partial charge in [-0.25, -0.2) is 14.0 Å². The highest BCUT2D eigenvalue weighted by Gasteiger charge is 2.06. The molecule has 1 aromatic carbocycles. The molecule has 4 heteroatoms. The molecule has 2 bridgehead atoms. The summed E-state index contributed by atoms with van der Waals surface area (Å²) < 4.78 is 17.1. The van der Waals surface area contributed by atoms with E-state index in [2.05, 4.69) is 4.42 Å². The van der Waals surface area contributed by atoms with Crippen molar-refractivity contribution in [1.29, 1.82) is 0 Å². The highest BCUT2D eigenvalue weighted by molar-refractivity contribution is 5.63. The van der Waals surface area contributed by atoms with Gasteiger partial charge in [0.05, 0.1) is 10.8 Å². The van der Waals surface area contributed by atoms with Crippen LogP contribution in [0.2, 0.25) is 0 Å². The first-order valence-electron chi connectivity index (χ1n) is 3.24. The molecule has 3 nitrogen and oxygen atoms in total. The predicted octanol–water partition coefficient (Wildman–Crippen LogP) is 0.730. The first-order chi connectivity index (χ1) is 5.68. The SMILES string of the molecule is O=c1oc(=O)c2ccc1cc2F. The van der Waals surface area contributed by atoms with Crippen LogP contribution in [0.5, 0.6) is 0 Å². The maximum absolute atomic E-state index is 12.9. The fraction of sp³-hybridized carbons (Fsp3) is 0. The fourth-order valence-corrected chi connectivity index (χ4v) is 1.01. The van der Waals surface area contributed by atoms with Crippen LogP contribution in [0.1, 0.15) is 0 Å². The maximum atomic E-state index is 12.9. The van der Waals surface area contributed by atoms with E-state index in [0.29, 0.717) is 0 Å². The second kappa shape index (κ2) is 2.14. The number of fused-ring (bicyclic) bond motifs is 4. The molecule has 0 radical (unpaired) electrons. The molecule has 0 saturated heterocycles. The summed E-state index contributed by atoms with van der Waals surface area (Å²) in [6.45, 7) is 0. The molecule has 0 amide bonds. The van der Waals surface area contributed by atoms with E-state index in [9.17, 15) is 14.0 Å². The number of benzene rings is 1. The maximum Gasteiger partial charge on any atom is 0.349 e. The molecule has 2 heterocycles. The lowest BCUT2D eigenvalue weighted by molar-refractivity contribution is 0.490. The zero-order chi connectivity index (χ0) is 8.72. The third-order valence-corrected chi connectivity index (χ3v) is 1.61. The molecule has 0 spiro atoms. The Bertz CT molecular complexity index is 529. The summed E-state index contributed by atoms with van der Waals surface area (Å²) >= 11 is 0. The van der Waals surface area contributed by atoms with Gasteiger partial charge in [0.25, 0.3) is 0 Å². The van der Waals surface area contributed by atoms with Crippen LogP contribution in [0.25, 0.3) is 10.8 Å². The zero-order valence-electron chi connectivity index (χ0n) is 5.83. The standard InChI is InChI=1S/C8H3FO3/c9-6-3-4-1-2-5(6)8(11)12-7(4)10/h1-3H. The van der Waals surface area contributed by atoms with Crippen LogP contribution < -0.4 is 11.3 Å². The molecule has 3 rings (SSSR count). The van der Waals surface area contributed by atoms with Crippen molar-refractivity contribution in [3.63, 3.8) is 0 Å². The van der Waals surface area contributed by atoms with Crippen molar-refractivity contribution < 1.29 is 8.81 Å². The minimum absolute atomic E-state index is 0.0575. The number of rotatable bonds is 0. The molecule has 0 saturated carbocycles. The highest BCUT2D eigenvalue weighted by atomic mass is 19.1. The van der Waals surface area contributed by atoms with E-state index in [1.165, 1.54) is 12.1 Å². The lowest BCUT2D eigenvalue weighted by atomic mass is 10.2. The Balaban J connectivity index is 3.26. The predicted molar refractivity (Wildman–Crippen MR) is 39.9 cm³/mol.